The fraction of sp³-hybridized carbons (Fsp3) is 0.857. The highest BCUT2D eigenvalue weighted by Crippen LogP contribution is 2.26. The first-order valence-electron chi connectivity index (χ1n) is 7.42. The molecule has 1 heterocycles. The zero-order chi connectivity index (χ0) is 14.7. The summed E-state index contributed by atoms with van der Waals surface area (Å²) in [5, 5.41) is 12.3. The minimum Gasteiger partial charge on any atom is -0.481 e. The van der Waals surface area contributed by atoms with Gasteiger partial charge < -0.3 is 20.1 Å². The third-order valence-corrected chi connectivity index (χ3v) is 4.54. The largest absolute Gasteiger partial charge is 0.481 e. The fourth-order valence-corrected chi connectivity index (χ4v) is 3.22. The molecule has 4 atom stereocenters. The Kier molecular flexibility index (Phi) is 4.86. The van der Waals surface area contributed by atoms with Gasteiger partial charge in [-0.15, -0.1) is 0 Å². The number of hydrogen-bond donors (Lipinski definition) is 2. The summed E-state index contributed by atoms with van der Waals surface area (Å²) < 4.78 is 5.25. The number of amides is 2. The highest BCUT2D eigenvalue weighted by molar-refractivity contribution is 5.77. The van der Waals surface area contributed by atoms with Crippen LogP contribution in [0.2, 0.25) is 0 Å². The van der Waals surface area contributed by atoms with E-state index in [0.717, 1.165) is 19.3 Å². The van der Waals surface area contributed by atoms with E-state index in [9.17, 15) is 14.7 Å². The lowest BCUT2D eigenvalue weighted by atomic mass is 10.0. The molecule has 1 aliphatic carbocycles. The lowest BCUT2D eigenvalue weighted by molar-refractivity contribution is -0.142. The second-order valence-electron chi connectivity index (χ2n) is 5.80. The molecule has 0 aromatic carbocycles. The van der Waals surface area contributed by atoms with Gasteiger partial charge in [0.1, 0.15) is 5.92 Å². The van der Waals surface area contributed by atoms with Crippen molar-refractivity contribution in [2.45, 2.75) is 45.2 Å². The van der Waals surface area contributed by atoms with Crippen molar-refractivity contribution in [1.82, 2.24) is 10.2 Å². The number of carbonyl (C=O) groups excluding carboxylic acids is 1. The molecule has 1 saturated heterocycles. The first-order chi connectivity index (χ1) is 9.54. The maximum Gasteiger partial charge on any atom is 0.317 e. The highest BCUT2D eigenvalue weighted by atomic mass is 16.5. The van der Waals surface area contributed by atoms with Gasteiger partial charge in [-0.3, -0.25) is 4.79 Å². The molecule has 114 valence electrons. The zero-order valence-corrected chi connectivity index (χ0v) is 12.2. The maximum atomic E-state index is 12.4. The molecule has 0 bridgehead atoms. The Labute approximate surface area is 119 Å². The van der Waals surface area contributed by atoms with Crippen LogP contribution in [-0.4, -0.2) is 53.8 Å². The van der Waals surface area contributed by atoms with Crippen molar-refractivity contribution in [3.8, 4) is 0 Å². The van der Waals surface area contributed by atoms with Crippen LogP contribution >= 0.6 is 0 Å². The summed E-state index contributed by atoms with van der Waals surface area (Å²) >= 11 is 0. The Morgan fingerprint density at radius 1 is 1.35 bits per heavy atom. The van der Waals surface area contributed by atoms with Crippen LogP contribution in [0.15, 0.2) is 0 Å². The summed E-state index contributed by atoms with van der Waals surface area (Å²) in [4.78, 5) is 25.2. The molecule has 20 heavy (non-hydrogen) atoms. The van der Waals surface area contributed by atoms with E-state index in [1.165, 1.54) is 0 Å². The second-order valence-corrected chi connectivity index (χ2v) is 5.80. The Morgan fingerprint density at radius 2 is 2.10 bits per heavy atom. The Bertz CT molecular complexity index is 374. The van der Waals surface area contributed by atoms with E-state index in [2.05, 4.69) is 12.2 Å². The van der Waals surface area contributed by atoms with Gasteiger partial charge in [-0.2, -0.15) is 0 Å². The second kappa shape index (κ2) is 6.43. The van der Waals surface area contributed by atoms with E-state index in [-0.39, 0.29) is 24.7 Å². The average molecular weight is 284 g/mol. The van der Waals surface area contributed by atoms with E-state index >= 15 is 0 Å². The normalized spacial score (nSPS) is 33.1. The Hall–Kier alpha value is -1.30. The summed E-state index contributed by atoms with van der Waals surface area (Å²) in [5.41, 5.74) is 0. The minimum atomic E-state index is -0.895. The first-order valence-corrected chi connectivity index (χ1v) is 7.42. The molecule has 4 unspecified atom stereocenters. The van der Waals surface area contributed by atoms with Gasteiger partial charge in [0.05, 0.1) is 19.3 Å². The maximum absolute atomic E-state index is 12.4. The third-order valence-electron chi connectivity index (χ3n) is 4.54. The number of hydrogen-bond acceptors (Lipinski definition) is 3. The molecule has 1 aliphatic heterocycles. The summed E-state index contributed by atoms with van der Waals surface area (Å²) in [6, 6.07) is -0.315. The number of urea groups is 1. The van der Waals surface area contributed by atoms with Crippen molar-refractivity contribution < 1.29 is 19.4 Å². The molecule has 0 spiro atoms. The van der Waals surface area contributed by atoms with Crippen LogP contribution in [0.5, 0.6) is 0 Å². The van der Waals surface area contributed by atoms with Crippen molar-refractivity contribution in [2.24, 2.45) is 11.8 Å². The zero-order valence-electron chi connectivity index (χ0n) is 12.2. The predicted molar refractivity (Wildman–Crippen MR) is 73.4 cm³/mol. The van der Waals surface area contributed by atoms with Gasteiger partial charge in [0.2, 0.25) is 0 Å². The van der Waals surface area contributed by atoms with E-state index in [1.807, 2.05) is 6.92 Å². The molecule has 6 heteroatoms. The average Bonchev–Trinajstić information content (AvgIpc) is 3.01. The van der Waals surface area contributed by atoms with Crippen molar-refractivity contribution in [3.63, 3.8) is 0 Å². The van der Waals surface area contributed by atoms with E-state index in [1.54, 1.807) is 4.90 Å². The summed E-state index contributed by atoms with van der Waals surface area (Å²) in [6.07, 6.45) is 3.29. The van der Waals surface area contributed by atoms with Crippen molar-refractivity contribution in [2.75, 3.05) is 19.8 Å². The fourth-order valence-electron chi connectivity index (χ4n) is 3.22. The molecular weight excluding hydrogens is 260 g/mol. The van der Waals surface area contributed by atoms with Gasteiger partial charge in [-0.25, -0.2) is 4.79 Å². The molecule has 0 aromatic rings. The number of likely N-dealkylation sites (N-methyl/N-ethyl adjacent to an activating group) is 1. The van der Waals surface area contributed by atoms with Gasteiger partial charge >= 0.3 is 12.0 Å². The molecule has 0 radical (unpaired) electrons. The lowest BCUT2D eigenvalue weighted by Gasteiger charge is -2.31. The number of aliphatic carboxylic acids is 1. The summed E-state index contributed by atoms with van der Waals surface area (Å²) in [6.45, 7) is 4.99. The number of rotatable bonds is 4. The van der Waals surface area contributed by atoms with Crippen molar-refractivity contribution >= 4 is 12.0 Å². The number of carboxylic acid groups (broad SMARTS) is 1. The first kappa shape index (κ1) is 15.1. The topological polar surface area (TPSA) is 78.9 Å². The van der Waals surface area contributed by atoms with Crippen LogP contribution in [0.4, 0.5) is 4.79 Å². The van der Waals surface area contributed by atoms with Crippen molar-refractivity contribution in [3.05, 3.63) is 0 Å². The number of carboxylic acids is 1. The van der Waals surface area contributed by atoms with Crippen LogP contribution in [0.1, 0.15) is 33.1 Å². The monoisotopic (exact) mass is 284 g/mol. The van der Waals surface area contributed by atoms with Crippen LogP contribution < -0.4 is 5.32 Å². The van der Waals surface area contributed by atoms with E-state index in [4.69, 9.17) is 4.74 Å². The molecule has 2 N–H and O–H groups in total. The summed E-state index contributed by atoms with van der Waals surface area (Å²) in [5.74, 6) is -1.03. The summed E-state index contributed by atoms with van der Waals surface area (Å²) in [7, 11) is 0. The van der Waals surface area contributed by atoms with E-state index in [0.29, 0.717) is 19.1 Å². The quantitative estimate of drug-likeness (QED) is 0.815. The Balaban J connectivity index is 1.99. The third kappa shape index (κ3) is 3.06. The number of ether oxygens (including phenoxy) is 1. The Morgan fingerprint density at radius 3 is 2.65 bits per heavy atom. The van der Waals surface area contributed by atoms with Crippen LogP contribution in [0.3, 0.4) is 0 Å². The van der Waals surface area contributed by atoms with Gasteiger partial charge in [0.25, 0.3) is 0 Å². The molecule has 2 rings (SSSR count). The molecule has 2 aliphatic rings. The van der Waals surface area contributed by atoms with Crippen LogP contribution in [0, 0.1) is 11.8 Å². The molecule has 1 saturated carbocycles. The molecule has 2 fully saturated rings. The SMILES string of the molecule is CCN(C(=O)NC1CCCC1C)C1COCC1C(=O)O. The van der Waals surface area contributed by atoms with Crippen molar-refractivity contribution in [1.29, 1.82) is 0 Å². The van der Waals surface area contributed by atoms with Gasteiger partial charge in [0, 0.05) is 12.6 Å². The molecule has 6 nitrogen and oxygen atoms in total. The minimum absolute atomic E-state index is 0.159. The van der Waals surface area contributed by atoms with E-state index < -0.39 is 11.9 Å². The lowest BCUT2D eigenvalue weighted by Crippen LogP contribution is -2.53. The molecule has 2 amide bonds. The number of carbonyl (C=O) groups is 2. The van der Waals surface area contributed by atoms with Gasteiger partial charge in [-0.1, -0.05) is 13.3 Å². The van der Waals surface area contributed by atoms with Gasteiger partial charge in [-0.05, 0) is 25.7 Å². The number of nitrogens with one attached hydrogen (secondary N) is 1. The standard InChI is InChI=1S/C14H24N2O4/c1-3-16(12-8-20-7-10(12)13(17)18)14(19)15-11-6-4-5-9(11)2/h9-12H,3-8H2,1-2H3,(H,15,19)(H,17,18). The van der Waals surface area contributed by atoms with Crippen LogP contribution in [-0.2, 0) is 9.53 Å². The molecule has 0 aromatic heterocycles. The number of nitrogens with zero attached hydrogens (tertiary/aromatic N) is 1. The molecular formula is C14H24N2O4. The van der Waals surface area contributed by atoms with Gasteiger partial charge in [0.15, 0.2) is 0 Å². The highest BCUT2D eigenvalue weighted by Gasteiger charge is 2.40. The predicted octanol–water partition coefficient (Wildman–Crippen LogP) is 1.31. The smallest absolute Gasteiger partial charge is 0.317 e. The van der Waals surface area contributed by atoms with Crippen LogP contribution in [0.25, 0.3) is 0 Å².